The van der Waals surface area contributed by atoms with Crippen LogP contribution in [-0.4, -0.2) is 28.8 Å². The average Bonchev–Trinajstić information content (AvgIpc) is 3.01. The summed E-state index contributed by atoms with van der Waals surface area (Å²) in [4.78, 5) is 27.5. The molecule has 0 radical (unpaired) electrons. The fourth-order valence-corrected chi connectivity index (χ4v) is 3.64. The first-order valence-electron chi connectivity index (χ1n) is 7.75. The number of hydrogen-bond acceptors (Lipinski definition) is 4. The molecule has 2 amide bonds. The minimum Gasteiger partial charge on any atom is -0.459 e. The van der Waals surface area contributed by atoms with E-state index >= 15 is 0 Å². The van der Waals surface area contributed by atoms with Crippen molar-refractivity contribution >= 4 is 28.2 Å². The van der Waals surface area contributed by atoms with Crippen molar-refractivity contribution in [2.45, 2.75) is 45.7 Å². The molecule has 5 nitrogen and oxygen atoms in total. The number of furan rings is 1. The SMILES string of the molecule is Cc1cc(NC(=O)c2ccco2)sc1C(=O)N(C(C)C)C1CC1. The number of thiophene rings is 1. The summed E-state index contributed by atoms with van der Waals surface area (Å²) < 4.78 is 5.08. The highest BCUT2D eigenvalue weighted by atomic mass is 32.1. The Morgan fingerprint density at radius 2 is 2.13 bits per heavy atom. The number of carbonyl (C=O) groups excluding carboxylic acids is 2. The van der Waals surface area contributed by atoms with Gasteiger partial charge in [-0.3, -0.25) is 9.59 Å². The van der Waals surface area contributed by atoms with Crippen LogP contribution in [0.3, 0.4) is 0 Å². The minimum absolute atomic E-state index is 0.0588. The highest BCUT2D eigenvalue weighted by molar-refractivity contribution is 7.18. The van der Waals surface area contributed by atoms with E-state index < -0.39 is 0 Å². The summed E-state index contributed by atoms with van der Waals surface area (Å²) in [6, 6.07) is 5.65. The zero-order chi connectivity index (χ0) is 16.6. The van der Waals surface area contributed by atoms with Gasteiger partial charge in [0.25, 0.3) is 11.8 Å². The number of amides is 2. The third-order valence-corrected chi connectivity index (χ3v) is 4.97. The van der Waals surface area contributed by atoms with Gasteiger partial charge in [0.05, 0.1) is 16.1 Å². The summed E-state index contributed by atoms with van der Waals surface area (Å²) in [5, 5.41) is 3.45. The highest BCUT2D eigenvalue weighted by Gasteiger charge is 2.35. The standard InChI is InChI=1S/C17H20N2O3S/c1-10(2)19(12-6-7-12)17(21)15-11(3)9-14(23-15)18-16(20)13-5-4-8-22-13/h4-5,8-10,12H,6-7H2,1-3H3,(H,18,20). The molecular formula is C17H20N2O3S. The lowest BCUT2D eigenvalue weighted by Gasteiger charge is -2.26. The van der Waals surface area contributed by atoms with Crippen LogP contribution >= 0.6 is 11.3 Å². The number of carbonyl (C=O) groups is 2. The number of rotatable bonds is 5. The maximum atomic E-state index is 12.8. The molecule has 0 bridgehead atoms. The van der Waals surface area contributed by atoms with Gasteiger partial charge in [-0.1, -0.05) is 0 Å². The second-order valence-electron chi connectivity index (χ2n) is 6.09. The summed E-state index contributed by atoms with van der Waals surface area (Å²) in [5.41, 5.74) is 0.890. The number of anilines is 1. The zero-order valence-corrected chi connectivity index (χ0v) is 14.3. The Kier molecular flexibility index (Phi) is 4.26. The lowest BCUT2D eigenvalue weighted by atomic mass is 10.2. The van der Waals surface area contributed by atoms with E-state index in [0.29, 0.717) is 15.9 Å². The van der Waals surface area contributed by atoms with Gasteiger partial charge in [-0.2, -0.15) is 0 Å². The molecule has 1 fully saturated rings. The van der Waals surface area contributed by atoms with Gasteiger partial charge in [-0.15, -0.1) is 11.3 Å². The molecule has 2 aromatic heterocycles. The highest BCUT2D eigenvalue weighted by Crippen LogP contribution is 2.34. The van der Waals surface area contributed by atoms with Gasteiger partial charge in [-0.05, 0) is 57.4 Å². The summed E-state index contributed by atoms with van der Waals surface area (Å²) in [7, 11) is 0. The van der Waals surface area contributed by atoms with E-state index in [1.54, 1.807) is 12.1 Å². The Hall–Kier alpha value is -2.08. The lowest BCUT2D eigenvalue weighted by Crippen LogP contribution is -2.38. The molecule has 1 aliphatic rings. The third-order valence-electron chi connectivity index (χ3n) is 3.82. The molecule has 1 aliphatic carbocycles. The van der Waals surface area contributed by atoms with Gasteiger partial charge in [0.15, 0.2) is 5.76 Å². The van der Waals surface area contributed by atoms with Crippen molar-refractivity contribution in [2.24, 2.45) is 0 Å². The van der Waals surface area contributed by atoms with Crippen molar-refractivity contribution in [1.29, 1.82) is 0 Å². The number of nitrogens with one attached hydrogen (secondary N) is 1. The maximum Gasteiger partial charge on any atom is 0.291 e. The fourth-order valence-electron chi connectivity index (χ4n) is 2.63. The van der Waals surface area contributed by atoms with E-state index in [1.165, 1.54) is 17.6 Å². The second kappa shape index (κ2) is 6.20. The molecule has 0 atom stereocenters. The van der Waals surface area contributed by atoms with Crippen LogP contribution in [0, 0.1) is 6.92 Å². The average molecular weight is 332 g/mol. The fraction of sp³-hybridized carbons (Fsp3) is 0.412. The van der Waals surface area contributed by atoms with Crippen LogP contribution in [0.15, 0.2) is 28.9 Å². The van der Waals surface area contributed by atoms with Gasteiger partial charge in [-0.25, -0.2) is 0 Å². The molecule has 6 heteroatoms. The van der Waals surface area contributed by atoms with E-state index in [4.69, 9.17) is 4.42 Å². The molecule has 2 aromatic rings. The van der Waals surface area contributed by atoms with E-state index in [-0.39, 0.29) is 23.6 Å². The van der Waals surface area contributed by atoms with Crippen LogP contribution in [0.1, 0.15) is 52.5 Å². The molecular weight excluding hydrogens is 312 g/mol. The third kappa shape index (κ3) is 3.32. The first kappa shape index (κ1) is 15.8. The van der Waals surface area contributed by atoms with Crippen molar-refractivity contribution in [1.82, 2.24) is 4.90 Å². The minimum atomic E-state index is -0.307. The summed E-state index contributed by atoms with van der Waals surface area (Å²) >= 11 is 1.32. The summed E-state index contributed by atoms with van der Waals surface area (Å²) in [6.45, 7) is 5.98. The summed E-state index contributed by atoms with van der Waals surface area (Å²) in [6.07, 6.45) is 3.62. The van der Waals surface area contributed by atoms with Gasteiger partial charge >= 0.3 is 0 Å². The Morgan fingerprint density at radius 3 is 2.70 bits per heavy atom. The quantitative estimate of drug-likeness (QED) is 0.903. The van der Waals surface area contributed by atoms with Crippen LogP contribution < -0.4 is 5.32 Å². The van der Waals surface area contributed by atoms with Crippen molar-refractivity contribution < 1.29 is 14.0 Å². The second-order valence-corrected chi connectivity index (χ2v) is 7.14. The predicted octanol–water partition coefficient (Wildman–Crippen LogP) is 3.91. The lowest BCUT2D eigenvalue weighted by molar-refractivity contribution is 0.0694. The molecule has 122 valence electrons. The molecule has 3 rings (SSSR count). The Bertz CT molecular complexity index is 712. The van der Waals surface area contributed by atoms with E-state index in [9.17, 15) is 9.59 Å². The largest absolute Gasteiger partial charge is 0.459 e. The first-order chi connectivity index (χ1) is 11.0. The Morgan fingerprint density at radius 1 is 1.39 bits per heavy atom. The summed E-state index contributed by atoms with van der Waals surface area (Å²) in [5.74, 6) is 0.00683. The maximum absolute atomic E-state index is 12.8. The molecule has 1 saturated carbocycles. The van der Waals surface area contributed by atoms with Crippen LogP contribution in [0.4, 0.5) is 5.00 Å². The molecule has 0 spiro atoms. The normalized spacial score (nSPS) is 14.1. The monoisotopic (exact) mass is 332 g/mol. The smallest absolute Gasteiger partial charge is 0.291 e. The van der Waals surface area contributed by atoms with Crippen molar-refractivity contribution in [3.05, 3.63) is 40.7 Å². The van der Waals surface area contributed by atoms with Crippen LogP contribution in [-0.2, 0) is 0 Å². The number of aryl methyl sites for hydroxylation is 1. The van der Waals surface area contributed by atoms with Gasteiger partial charge in [0.1, 0.15) is 0 Å². The van der Waals surface area contributed by atoms with Crippen molar-refractivity contribution in [3.8, 4) is 0 Å². The first-order valence-corrected chi connectivity index (χ1v) is 8.57. The number of nitrogens with zero attached hydrogens (tertiary/aromatic N) is 1. The van der Waals surface area contributed by atoms with Crippen molar-refractivity contribution in [2.75, 3.05) is 5.32 Å². The molecule has 0 saturated heterocycles. The van der Waals surface area contributed by atoms with E-state index in [2.05, 4.69) is 5.32 Å². The molecule has 0 aromatic carbocycles. The predicted molar refractivity (Wildman–Crippen MR) is 90.0 cm³/mol. The van der Waals surface area contributed by atoms with Gasteiger partial charge in [0, 0.05) is 12.1 Å². The Labute approximate surface area is 139 Å². The molecule has 0 aliphatic heterocycles. The molecule has 2 heterocycles. The van der Waals surface area contributed by atoms with Crippen LogP contribution in [0.25, 0.3) is 0 Å². The zero-order valence-electron chi connectivity index (χ0n) is 13.5. The van der Waals surface area contributed by atoms with Crippen LogP contribution in [0.5, 0.6) is 0 Å². The molecule has 0 unspecified atom stereocenters. The van der Waals surface area contributed by atoms with Crippen LogP contribution in [0.2, 0.25) is 0 Å². The van der Waals surface area contributed by atoms with Crippen molar-refractivity contribution in [3.63, 3.8) is 0 Å². The van der Waals surface area contributed by atoms with Gasteiger partial charge < -0.3 is 14.6 Å². The molecule has 23 heavy (non-hydrogen) atoms. The number of hydrogen-bond donors (Lipinski definition) is 1. The molecule has 1 N–H and O–H groups in total. The van der Waals surface area contributed by atoms with E-state index in [0.717, 1.165) is 18.4 Å². The topological polar surface area (TPSA) is 62.6 Å². The Balaban J connectivity index is 1.78. The van der Waals surface area contributed by atoms with E-state index in [1.807, 2.05) is 31.7 Å². The van der Waals surface area contributed by atoms with Gasteiger partial charge in [0.2, 0.25) is 0 Å².